The molecule has 1 aromatic carbocycles. The second-order valence-corrected chi connectivity index (χ2v) is 7.37. The molecule has 2 heterocycles. The van der Waals surface area contributed by atoms with Crippen LogP contribution in [0.25, 0.3) is 5.69 Å². The first-order chi connectivity index (χ1) is 10.6. The summed E-state index contributed by atoms with van der Waals surface area (Å²) in [6.45, 7) is 0.646. The van der Waals surface area contributed by atoms with Gasteiger partial charge in [0.1, 0.15) is 5.82 Å². The summed E-state index contributed by atoms with van der Waals surface area (Å²) in [5.41, 5.74) is 0.361. The number of aromatic nitrogens is 2. The molecule has 0 unspecified atom stereocenters. The predicted molar refractivity (Wildman–Crippen MR) is 79.0 cm³/mol. The number of carbonyl (C=O) groups is 1. The molecule has 1 fully saturated rings. The maximum absolute atomic E-state index is 14.1. The van der Waals surface area contributed by atoms with Crippen LogP contribution in [0, 0.1) is 5.82 Å². The standard InChI is InChI=1S/C14H14FN3O3S/c15-12-9-11(1-2-13(12)18-4-3-16-10-18)14(19)17-22(20)7-5-21-6-8-22/h1-4,9-10H,5-8H2. The third-order valence-electron chi connectivity index (χ3n) is 3.32. The van der Waals surface area contributed by atoms with Gasteiger partial charge in [-0.1, -0.05) is 0 Å². The second-order valence-electron chi connectivity index (χ2n) is 4.83. The number of nitrogens with zero attached hydrogens (tertiary/aromatic N) is 3. The smallest absolute Gasteiger partial charge is 0.285 e. The van der Waals surface area contributed by atoms with Crippen LogP contribution in [0.3, 0.4) is 0 Å². The van der Waals surface area contributed by atoms with Crippen LogP contribution in [0.15, 0.2) is 41.3 Å². The van der Waals surface area contributed by atoms with Crippen molar-refractivity contribution in [1.82, 2.24) is 9.55 Å². The predicted octanol–water partition coefficient (Wildman–Crippen LogP) is 1.65. The van der Waals surface area contributed by atoms with Gasteiger partial charge in [-0.05, 0) is 18.2 Å². The summed E-state index contributed by atoms with van der Waals surface area (Å²) in [6.07, 6.45) is 4.59. The number of amides is 1. The Morgan fingerprint density at radius 3 is 2.77 bits per heavy atom. The lowest BCUT2D eigenvalue weighted by molar-refractivity contribution is 0.100. The van der Waals surface area contributed by atoms with Gasteiger partial charge in [0.2, 0.25) is 0 Å². The highest BCUT2D eigenvalue weighted by Gasteiger charge is 2.18. The Morgan fingerprint density at radius 2 is 2.14 bits per heavy atom. The van der Waals surface area contributed by atoms with Crippen LogP contribution in [-0.2, 0) is 14.5 Å². The maximum Gasteiger partial charge on any atom is 0.285 e. The number of hydrogen-bond donors (Lipinski definition) is 0. The van der Waals surface area contributed by atoms with E-state index in [-0.39, 0.29) is 22.8 Å². The van der Waals surface area contributed by atoms with Gasteiger partial charge in [-0.3, -0.25) is 4.79 Å². The highest BCUT2D eigenvalue weighted by Crippen LogP contribution is 2.16. The van der Waals surface area contributed by atoms with Crippen LogP contribution in [0.5, 0.6) is 0 Å². The van der Waals surface area contributed by atoms with Gasteiger partial charge in [-0.25, -0.2) is 13.6 Å². The molecule has 0 N–H and O–H groups in total. The number of rotatable bonds is 2. The van der Waals surface area contributed by atoms with E-state index in [1.165, 1.54) is 29.2 Å². The SMILES string of the molecule is O=C(N=S1(=O)CCOCC1)c1ccc(-n2ccnc2)c(F)c1. The lowest BCUT2D eigenvalue weighted by Gasteiger charge is -2.15. The minimum absolute atomic E-state index is 0.0792. The quantitative estimate of drug-likeness (QED) is 0.842. The number of halogens is 1. The average molecular weight is 323 g/mol. The van der Waals surface area contributed by atoms with Crippen molar-refractivity contribution >= 4 is 15.6 Å². The molecule has 6 nitrogen and oxygen atoms in total. The molecule has 2 aromatic rings. The second kappa shape index (κ2) is 5.98. The molecule has 0 aliphatic carbocycles. The van der Waals surface area contributed by atoms with Gasteiger partial charge < -0.3 is 9.30 Å². The number of imidazole rings is 1. The molecule has 1 saturated heterocycles. The van der Waals surface area contributed by atoms with Crippen LogP contribution in [0.1, 0.15) is 10.4 Å². The molecule has 1 aromatic heterocycles. The highest BCUT2D eigenvalue weighted by molar-refractivity contribution is 7.94. The fourth-order valence-corrected chi connectivity index (χ4v) is 3.68. The first kappa shape index (κ1) is 14.9. The Hall–Kier alpha value is -2.06. The van der Waals surface area contributed by atoms with Crippen LogP contribution >= 0.6 is 0 Å². The van der Waals surface area contributed by atoms with Crippen LogP contribution < -0.4 is 0 Å². The minimum Gasteiger partial charge on any atom is -0.379 e. The van der Waals surface area contributed by atoms with Gasteiger partial charge >= 0.3 is 0 Å². The minimum atomic E-state index is -2.59. The van der Waals surface area contributed by atoms with E-state index in [0.717, 1.165) is 6.07 Å². The topological polar surface area (TPSA) is 73.6 Å². The molecule has 0 radical (unpaired) electrons. The summed E-state index contributed by atoms with van der Waals surface area (Å²) in [5, 5.41) is 0. The zero-order valence-electron chi connectivity index (χ0n) is 11.6. The first-order valence-electron chi connectivity index (χ1n) is 6.70. The number of ether oxygens (including phenoxy) is 1. The molecule has 0 atom stereocenters. The fraction of sp³-hybridized carbons (Fsp3) is 0.286. The summed E-state index contributed by atoms with van der Waals surface area (Å²) in [6, 6.07) is 4.03. The lowest BCUT2D eigenvalue weighted by atomic mass is 10.2. The third kappa shape index (κ3) is 3.07. The van der Waals surface area contributed by atoms with Crippen molar-refractivity contribution in [3.05, 3.63) is 48.3 Å². The molecule has 1 aliphatic heterocycles. The summed E-state index contributed by atoms with van der Waals surface area (Å²) in [5.74, 6) is -0.771. The van der Waals surface area contributed by atoms with E-state index >= 15 is 0 Å². The molecular formula is C14H14FN3O3S. The van der Waals surface area contributed by atoms with E-state index in [2.05, 4.69) is 9.35 Å². The van der Waals surface area contributed by atoms with Crippen molar-refractivity contribution in [3.63, 3.8) is 0 Å². The van der Waals surface area contributed by atoms with E-state index in [4.69, 9.17) is 4.74 Å². The van der Waals surface area contributed by atoms with E-state index in [9.17, 15) is 13.4 Å². The Labute approximate surface area is 127 Å². The van der Waals surface area contributed by atoms with E-state index < -0.39 is 21.5 Å². The van der Waals surface area contributed by atoms with Gasteiger partial charge in [0.05, 0.1) is 46.5 Å². The zero-order valence-corrected chi connectivity index (χ0v) is 12.5. The molecule has 1 aliphatic rings. The van der Waals surface area contributed by atoms with E-state index in [1.807, 2.05) is 0 Å². The van der Waals surface area contributed by atoms with Crippen molar-refractivity contribution in [1.29, 1.82) is 0 Å². The monoisotopic (exact) mass is 323 g/mol. The molecule has 3 rings (SSSR count). The van der Waals surface area contributed by atoms with Crippen LogP contribution in [0.4, 0.5) is 4.39 Å². The lowest BCUT2D eigenvalue weighted by Crippen LogP contribution is -2.26. The maximum atomic E-state index is 14.1. The van der Waals surface area contributed by atoms with Crippen molar-refractivity contribution in [2.75, 3.05) is 24.7 Å². The largest absolute Gasteiger partial charge is 0.379 e. The highest BCUT2D eigenvalue weighted by atomic mass is 32.2. The summed E-state index contributed by atoms with van der Waals surface area (Å²) >= 11 is 0. The van der Waals surface area contributed by atoms with Gasteiger partial charge in [0, 0.05) is 18.0 Å². The van der Waals surface area contributed by atoms with E-state index in [1.54, 1.807) is 6.20 Å². The zero-order chi connectivity index (χ0) is 15.6. The Balaban J connectivity index is 1.89. The molecule has 0 bridgehead atoms. The molecule has 116 valence electrons. The normalized spacial score (nSPS) is 17.1. The number of carbonyl (C=O) groups excluding carboxylic acids is 1. The first-order valence-corrected chi connectivity index (χ1v) is 8.55. The van der Waals surface area contributed by atoms with Gasteiger partial charge in [0.15, 0.2) is 0 Å². The third-order valence-corrected chi connectivity index (χ3v) is 5.43. The molecule has 1 amide bonds. The Kier molecular flexibility index (Phi) is 4.04. The van der Waals surface area contributed by atoms with Crippen LogP contribution in [-0.4, -0.2) is 44.4 Å². The molecule has 0 spiro atoms. The Bertz CT molecular complexity index is 799. The van der Waals surface area contributed by atoms with Crippen molar-refractivity contribution < 1.29 is 18.1 Å². The number of benzene rings is 1. The molecule has 22 heavy (non-hydrogen) atoms. The average Bonchev–Trinajstić information content (AvgIpc) is 3.01. The van der Waals surface area contributed by atoms with Gasteiger partial charge in [0.25, 0.3) is 5.91 Å². The number of hydrogen-bond acceptors (Lipinski definition) is 4. The van der Waals surface area contributed by atoms with Crippen molar-refractivity contribution in [2.24, 2.45) is 4.36 Å². The summed E-state index contributed by atoms with van der Waals surface area (Å²) in [7, 11) is -2.59. The van der Waals surface area contributed by atoms with E-state index in [0.29, 0.717) is 13.2 Å². The van der Waals surface area contributed by atoms with Gasteiger partial charge in [-0.2, -0.15) is 4.36 Å². The Morgan fingerprint density at radius 1 is 1.36 bits per heavy atom. The summed E-state index contributed by atoms with van der Waals surface area (Å²) < 4.78 is 36.9. The van der Waals surface area contributed by atoms with Gasteiger partial charge in [-0.15, -0.1) is 0 Å². The van der Waals surface area contributed by atoms with Crippen molar-refractivity contribution in [3.8, 4) is 5.69 Å². The van der Waals surface area contributed by atoms with Crippen LogP contribution in [0.2, 0.25) is 0 Å². The molecular weight excluding hydrogens is 309 g/mol. The summed E-state index contributed by atoms with van der Waals surface area (Å²) in [4.78, 5) is 15.9. The van der Waals surface area contributed by atoms with Crippen molar-refractivity contribution in [2.45, 2.75) is 0 Å². The fourth-order valence-electron chi connectivity index (χ4n) is 2.13. The molecule has 0 saturated carbocycles. The molecule has 8 heteroatoms.